The van der Waals surface area contributed by atoms with Crippen LogP contribution in [0.5, 0.6) is 0 Å². The molecule has 1 aliphatic rings. The van der Waals surface area contributed by atoms with Gasteiger partial charge in [0.25, 0.3) is 11.5 Å². The molecule has 1 saturated heterocycles. The number of aromatic nitrogens is 2. The number of aryl methyl sites for hydroxylation is 1. The van der Waals surface area contributed by atoms with Crippen LogP contribution < -0.4 is 15.8 Å². The normalized spacial score (nSPS) is 13.4. The number of nitrogens with zero attached hydrogens (tertiary/aromatic N) is 3. The molecule has 6 nitrogen and oxygen atoms in total. The van der Waals surface area contributed by atoms with Crippen molar-refractivity contribution in [1.29, 1.82) is 0 Å². The molecule has 0 unspecified atom stereocenters. The number of anilines is 2. The van der Waals surface area contributed by atoms with Crippen molar-refractivity contribution < 1.29 is 9.18 Å². The molecule has 172 valence electrons. The van der Waals surface area contributed by atoms with Gasteiger partial charge in [0.1, 0.15) is 5.82 Å². The van der Waals surface area contributed by atoms with E-state index in [1.165, 1.54) is 6.07 Å². The van der Waals surface area contributed by atoms with Gasteiger partial charge in [-0.25, -0.2) is 9.37 Å². The van der Waals surface area contributed by atoms with Gasteiger partial charge in [-0.3, -0.25) is 14.2 Å². The van der Waals surface area contributed by atoms with Crippen LogP contribution in [0.15, 0.2) is 71.5 Å². The van der Waals surface area contributed by atoms with Gasteiger partial charge in [-0.1, -0.05) is 36.4 Å². The Balaban J connectivity index is 1.54. The Kier molecular flexibility index (Phi) is 5.84. The molecule has 2 heterocycles. The number of benzene rings is 3. The fraction of sp³-hybridized carbons (Fsp3) is 0.222. The van der Waals surface area contributed by atoms with Crippen LogP contribution in [-0.4, -0.2) is 28.5 Å². The summed E-state index contributed by atoms with van der Waals surface area (Å²) in [5.41, 5.74) is 2.59. The van der Waals surface area contributed by atoms with Gasteiger partial charge in [-0.15, -0.1) is 0 Å². The third-order valence-corrected chi connectivity index (χ3v) is 6.20. The third kappa shape index (κ3) is 4.29. The molecule has 1 fully saturated rings. The second-order valence-corrected chi connectivity index (χ2v) is 8.63. The maximum atomic E-state index is 13.9. The van der Waals surface area contributed by atoms with E-state index in [4.69, 9.17) is 4.98 Å². The highest BCUT2D eigenvalue weighted by Crippen LogP contribution is 2.22. The van der Waals surface area contributed by atoms with Crippen molar-refractivity contribution in [2.24, 2.45) is 0 Å². The van der Waals surface area contributed by atoms with E-state index in [9.17, 15) is 14.0 Å². The van der Waals surface area contributed by atoms with Crippen molar-refractivity contribution in [1.82, 2.24) is 9.55 Å². The van der Waals surface area contributed by atoms with Gasteiger partial charge in [0.05, 0.1) is 17.4 Å². The Morgan fingerprint density at radius 2 is 1.79 bits per heavy atom. The summed E-state index contributed by atoms with van der Waals surface area (Å²) in [5, 5.41) is 3.17. The first-order valence-corrected chi connectivity index (χ1v) is 11.4. The first-order chi connectivity index (χ1) is 16.5. The van der Waals surface area contributed by atoms with Crippen LogP contribution in [0.1, 0.15) is 34.3 Å². The summed E-state index contributed by atoms with van der Waals surface area (Å²) < 4.78 is 15.6. The van der Waals surface area contributed by atoms with E-state index < -0.39 is 0 Å². The van der Waals surface area contributed by atoms with Crippen molar-refractivity contribution in [3.8, 4) is 0 Å². The minimum atomic E-state index is -0.386. The number of amides is 1. The fourth-order valence-electron chi connectivity index (χ4n) is 4.29. The highest BCUT2D eigenvalue weighted by molar-refractivity contribution is 6.06. The number of carbonyl (C=O) groups is 1. The van der Waals surface area contributed by atoms with Crippen molar-refractivity contribution in [3.05, 3.63) is 99.6 Å². The number of fused-ring (bicyclic) bond motifs is 1. The predicted octanol–water partition coefficient (Wildman–Crippen LogP) is 4.74. The number of hydrogen-bond donors (Lipinski definition) is 1. The monoisotopic (exact) mass is 456 g/mol. The summed E-state index contributed by atoms with van der Waals surface area (Å²) in [6.45, 7) is 3.77. The van der Waals surface area contributed by atoms with E-state index in [1.54, 1.807) is 41.8 Å². The van der Waals surface area contributed by atoms with Gasteiger partial charge >= 0.3 is 0 Å². The maximum absolute atomic E-state index is 13.9. The topological polar surface area (TPSA) is 67.2 Å². The minimum Gasteiger partial charge on any atom is -0.342 e. The van der Waals surface area contributed by atoms with Gasteiger partial charge in [-0.2, -0.15) is 0 Å². The predicted molar refractivity (Wildman–Crippen MR) is 132 cm³/mol. The van der Waals surface area contributed by atoms with E-state index in [2.05, 4.69) is 10.2 Å². The van der Waals surface area contributed by atoms with Crippen LogP contribution in [0.3, 0.4) is 0 Å². The standard InChI is InChI=1S/C27H25FN4O2/c1-18-9-11-21(16-23(18)28)29-25(33)20-10-12-22-24(15-20)30-27(31-13-5-6-14-31)32(26(22)34)17-19-7-3-2-4-8-19/h2-4,7-12,15-16H,5-6,13-14,17H2,1H3,(H,29,33). The van der Waals surface area contributed by atoms with Crippen LogP contribution in [0.2, 0.25) is 0 Å². The van der Waals surface area contributed by atoms with Crippen LogP contribution in [0.4, 0.5) is 16.0 Å². The van der Waals surface area contributed by atoms with Gasteiger partial charge < -0.3 is 10.2 Å². The number of halogens is 1. The molecule has 1 N–H and O–H groups in total. The first-order valence-electron chi connectivity index (χ1n) is 11.4. The van der Waals surface area contributed by atoms with Gasteiger partial charge in [0.15, 0.2) is 0 Å². The van der Waals surface area contributed by atoms with Crippen LogP contribution in [0.25, 0.3) is 10.9 Å². The zero-order valence-electron chi connectivity index (χ0n) is 18.9. The second-order valence-electron chi connectivity index (χ2n) is 8.63. The molecule has 1 aliphatic heterocycles. The molecule has 3 aromatic carbocycles. The lowest BCUT2D eigenvalue weighted by Crippen LogP contribution is -2.31. The van der Waals surface area contributed by atoms with Crippen molar-refractivity contribution >= 4 is 28.4 Å². The van der Waals surface area contributed by atoms with E-state index in [0.29, 0.717) is 40.2 Å². The van der Waals surface area contributed by atoms with Gasteiger partial charge in [-0.05, 0) is 61.2 Å². The highest BCUT2D eigenvalue weighted by atomic mass is 19.1. The summed E-state index contributed by atoms with van der Waals surface area (Å²) in [6, 6.07) is 19.3. The van der Waals surface area contributed by atoms with E-state index in [1.807, 2.05) is 30.3 Å². The molecule has 1 aromatic heterocycles. The molecule has 7 heteroatoms. The van der Waals surface area contributed by atoms with Crippen LogP contribution in [0, 0.1) is 12.7 Å². The molecule has 0 radical (unpaired) electrons. The minimum absolute atomic E-state index is 0.136. The molecule has 0 bridgehead atoms. The lowest BCUT2D eigenvalue weighted by Gasteiger charge is -2.22. The number of carbonyl (C=O) groups excluding carboxylic acids is 1. The average Bonchev–Trinajstić information content (AvgIpc) is 3.38. The van der Waals surface area contributed by atoms with Crippen molar-refractivity contribution in [3.63, 3.8) is 0 Å². The van der Waals surface area contributed by atoms with E-state index in [-0.39, 0.29) is 17.3 Å². The van der Waals surface area contributed by atoms with Crippen molar-refractivity contribution in [2.45, 2.75) is 26.3 Å². The second kappa shape index (κ2) is 9.09. The number of hydrogen-bond acceptors (Lipinski definition) is 4. The van der Waals surface area contributed by atoms with E-state index >= 15 is 0 Å². The largest absolute Gasteiger partial charge is 0.342 e. The Bertz CT molecular complexity index is 1430. The Morgan fingerprint density at radius 1 is 1.03 bits per heavy atom. The van der Waals surface area contributed by atoms with Gasteiger partial charge in [0, 0.05) is 24.3 Å². The smallest absolute Gasteiger partial charge is 0.263 e. The third-order valence-electron chi connectivity index (χ3n) is 6.20. The fourth-order valence-corrected chi connectivity index (χ4v) is 4.29. The highest BCUT2D eigenvalue weighted by Gasteiger charge is 2.21. The molecular weight excluding hydrogens is 431 g/mol. The molecule has 0 spiro atoms. The van der Waals surface area contributed by atoms with Crippen LogP contribution in [-0.2, 0) is 6.54 Å². The molecule has 34 heavy (non-hydrogen) atoms. The average molecular weight is 457 g/mol. The maximum Gasteiger partial charge on any atom is 0.263 e. The molecule has 5 rings (SSSR count). The molecular formula is C27H25FN4O2. The zero-order valence-corrected chi connectivity index (χ0v) is 18.9. The molecule has 4 aromatic rings. The Hall–Kier alpha value is -4.00. The first kappa shape index (κ1) is 21.8. The van der Waals surface area contributed by atoms with E-state index in [0.717, 1.165) is 31.5 Å². The molecule has 0 saturated carbocycles. The number of nitrogens with one attached hydrogen (secondary N) is 1. The molecule has 0 atom stereocenters. The summed E-state index contributed by atoms with van der Waals surface area (Å²) in [7, 11) is 0. The van der Waals surface area contributed by atoms with Crippen molar-refractivity contribution in [2.75, 3.05) is 23.3 Å². The summed E-state index contributed by atoms with van der Waals surface area (Å²) in [5.74, 6) is -0.146. The lowest BCUT2D eigenvalue weighted by atomic mass is 10.1. The Morgan fingerprint density at radius 3 is 2.53 bits per heavy atom. The summed E-state index contributed by atoms with van der Waals surface area (Å²) >= 11 is 0. The molecule has 1 amide bonds. The van der Waals surface area contributed by atoms with Gasteiger partial charge in [0.2, 0.25) is 5.95 Å². The zero-order chi connectivity index (χ0) is 23.7. The molecule has 0 aliphatic carbocycles. The van der Waals surface area contributed by atoms with Crippen LogP contribution >= 0.6 is 0 Å². The number of rotatable bonds is 5. The summed E-state index contributed by atoms with van der Waals surface area (Å²) in [6.07, 6.45) is 2.10. The quantitative estimate of drug-likeness (QED) is 0.471. The summed E-state index contributed by atoms with van der Waals surface area (Å²) in [4.78, 5) is 33.3. The lowest BCUT2D eigenvalue weighted by molar-refractivity contribution is 0.102. The Labute approximate surface area is 196 Å². The SMILES string of the molecule is Cc1ccc(NC(=O)c2ccc3c(=O)n(Cc4ccccc4)c(N4CCCC4)nc3c2)cc1F.